The van der Waals surface area contributed by atoms with E-state index in [1.54, 1.807) is 0 Å². The zero-order valence-corrected chi connectivity index (χ0v) is 12.5. The molecule has 2 nitrogen and oxygen atoms in total. The van der Waals surface area contributed by atoms with Crippen molar-refractivity contribution in [2.24, 2.45) is 0 Å². The van der Waals surface area contributed by atoms with Gasteiger partial charge in [-0.1, -0.05) is 23.7 Å². The molecule has 1 aromatic carbocycles. The number of nitrogens with zero attached hydrogens (tertiary/aromatic N) is 1. The number of thiazole rings is 1. The van der Waals surface area contributed by atoms with Gasteiger partial charge in [-0.15, -0.1) is 11.3 Å². The molecule has 4 heteroatoms. The Hall–Kier alpha value is -0.900. The van der Waals surface area contributed by atoms with Gasteiger partial charge in [-0.2, -0.15) is 0 Å². The number of hydrogen-bond donors (Lipinski definition) is 1. The van der Waals surface area contributed by atoms with E-state index in [9.17, 15) is 0 Å². The Bertz CT molecular complexity index is 573. The van der Waals surface area contributed by atoms with E-state index >= 15 is 0 Å². The molecule has 2 heterocycles. The van der Waals surface area contributed by atoms with Crippen LogP contribution in [-0.4, -0.2) is 18.1 Å². The Kier molecular flexibility index (Phi) is 3.87. The Labute approximate surface area is 122 Å². The molecule has 0 radical (unpaired) electrons. The average Bonchev–Trinajstić information content (AvgIpc) is 2.82. The van der Waals surface area contributed by atoms with Gasteiger partial charge in [-0.25, -0.2) is 4.98 Å². The number of halogens is 1. The molecule has 1 aliphatic rings. The van der Waals surface area contributed by atoms with Crippen LogP contribution in [0.1, 0.15) is 28.6 Å². The predicted molar refractivity (Wildman–Crippen MR) is 82.1 cm³/mol. The molecular weight excluding hydrogens is 276 g/mol. The first-order valence-corrected chi connectivity index (χ1v) is 7.87. The van der Waals surface area contributed by atoms with Gasteiger partial charge in [0.2, 0.25) is 0 Å². The molecule has 2 aromatic rings. The maximum absolute atomic E-state index is 6.07. The van der Waals surface area contributed by atoms with Crippen LogP contribution in [0.15, 0.2) is 24.3 Å². The summed E-state index contributed by atoms with van der Waals surface area (Å²) in [4.78, 5) is 6.15. The fourth-order valence-corrected chi connectivity index (χ4v) is 3.83. The molecule has 1 atom stereocenters. The monoisotopic (exact) mass is 292 g/mol. The largest absolute Gasteiger partial charge is 0.316 e. The second-order valence-electron chi connectivity index (χ2n) is 5.01. The molecule has 3 rings (SSSR count). The quantitative estimate of drug-likeness (QED) is 0.895. The van der Waals surface area contributed by atoms with Crippen molar-refractivity contribution >= 4 is 22.9 Å². The molecule has 0 amide bonds. The first kappa shape index (κ1) is 13.1. The Morgan fingerprint density at radius 2 is 2.32 bits per heavy atom. The standard InChI is InChI=1S/C15H17ClN2S/c1-10-14(11-4-2-6-13(16)8-11)18-15(19-10)12-5-3-7-17-9-12/h2,4,6,8,12,17H,3,5,7,9H2,1H3. The number of nitrogens with one attached hydrogen (secondary N) is 1. The van der Waals surface area contributed by atoms with E-state index in [1.165, 1.54) is 22.7 Å². The highest BCUT2D eigenvalue weighted by Crippen LogP contribution is 2.34. The molecule has 1 aliphatic heterocycles. The van der Waals surface area contributed by atoms with Crippen LogP contribution >= 0.6 is 22.9 Å². The zero-order chi connectivity index (χ0) is 13.2. The van der Waals surface area contributed by atoms with Crippen LogP contribution in [0.4, 0.5) is 0 Å². The maximum Gasteiger partial charge on any atom is 0.0978 e. The second-order valence-corrected chi connectivity index (χ2v) is 6.68. The van der Waals surface area contributed by atoms with Crippen molar-refractivity contribution in [2.45, 2.75) is 25.7 Å². The molecular formula is C15H17ClN2S. The van der Waals surface area contributed by atoms with Gasteiger partial charge in [0.15, 0.2) is 0 Å². The van der Waals surface area contributed by atoms with Crippen LogP contribution < -0.4 is 5.32 Å². The van der Waals surface area contributed by atoms with Gasteiger partial charge in [0, 0.05) is 27.9 Å². The van der Waals surface area contributed by atoms with Crippen molar-refractivity contribution in [2.75, 3.05) is 13.1 Å². The van der Waals surface area contributed by atoms with Crippen molar-refractivity contribution in [1.29, 1.82) is 0 Å². The Morgan fingerprint density at radius 3 is 3.05 bits per heavy atom. The second kappa shape index (κ2) is 5.61. The summed E-state index contributed by atoms with van der Waals surface area (Å²) in [5.41, 5.74) is 2.21. The molecule has 1 unspecified atom stereocenters. The van der Waals surface area contributed by atoms with E-state index in [2.05, 4.69) is 18.3 Å². The normalized spacial score (nSPS) is 19.6. The third-order valence-corrected chi connectivity index (χ3v) is 4.93. The number of aromatic nitrogens is 1. The minimum absolute atomic E-state index is 0.574. The van der Waals surface area contributed by atoms with Crippen molar-refractivity contribution in [1.82, 2.24) is 10.3 Å². The first-order valence-electron chi connectivity index (χ1n) is 6.68. The van der Waals surface area contributed by atoms with E-state index < -0.39 is 0 Å². The molecule has 19 heavy (non-hydrogen) atoms. The van der Waals surface area contributed by atoms with Crippen LogP contribution in [0.5, 0.6) is 0 Å². The fourth-order valence-electron chi connectivity index (χ4n) is 2.56. The molecule has 100 valence electrons. The van der Waals surface area contributed by atoms with Gasteiger partial charge in [0.1, 0.15) is 0 Å². The van der Waals surface area contributed by atoms with Crippen LogP contribution in [0.3, 0.4) is 0 Å². The molecule has 1 N–H and O–H groups in total. The summed E-state index contributed by atoms with van der Waals surface area (Å²) in [7, 11) is 0. The van der Waals surface area contributed by atoms with Crippen molar-refractivity contribution < 1.29 is 0 Å². The number of hydrogen-bond acceptors (Lipinski definition) is 3. The van der Waals surface area contributed by atoms with Crippen LogP contribution in [0, 0.1) is 6.92 Å². The lowest BCUT2D eigenvalue weighted by atomic mass is 10.0. The van der Waals surface area contributed by atoms with Gasteiger partial charge in [0.25, 0.3) is 0 Å². The SMILES string of the molecule is Cc1sc(C2CCCNC2)nc1-c1cccc(Cl)c1. The van der Waals surface area contributed by atoms with E-state index in [1.807, 2.05) is 29.5 Å². The summed E-state index contributed by atoms with van der Waals surface area (Å²) >= 11 is 7.90. The zero-order valence-electron chi connectivity index (χ0n) is 10.9. The average molecular weight is 293 g/mol. The van der Waals surface area contributed by atoms with E-state index in [0.717, 1.165) is 29.4 Å². The van der Waals surface area contributed by atoms with Gasteiger partial charge >= 0.3 is 0 Å². The Balaban J connectivity index is 1.92. The lowest BCUT2D eigenvalue weighted by molar-refractivity contribution is 0.460. The van der Waals surface area contributed by atoms with Gasteiger partial charge in [0.05, 0.1) is 10.7 Å². The molecule has 1 aromatic heterocycles. The molecule has 1 fully saturated rings. The fraction of sp³-hybridized carbons (Fsp3) is 0.400. The summed E-state index contributed by atoms with van der Waals surface area (Å²) in [6.45, 7) is 4.34. The summed E-state index contributed by atoms with van der Waals surface area (Å²) < 4.78 is 0. The smallest absolute Gasteiger partial charge is 0.0978 e. The highest BCUT2D eigenvalue weighted by molar-refractivity contribution is 7.12. The lowest BCUT2D eigenvalue weighted by Gasteiger charge is -2.20. The summed E-state index contributed by atoms with van der Waals surface area (Å²) in [6.07, 6.45) is 2.49. The third kappa shape index (κ3) is 2.83. The highest BCUT2D eigenvalue weighted by atomic mass is 35.5. The Morgan fingerprint density at radius 1 is 1.42 bits per heavy atom. The third-order valence-electron chi connectivity index (χ3n) is 3.56. The van der Waals surface area contributed by atoms with Crippen molar-refractivity contribution in [3.63, 3.8) is 0 Å². The molecule has 0 spiro atoms. The minimum atomic E-state index is 0.574. The number of benzene rings is 1. The molecule has 0 aliphatic carbocycles. The van der Waals surface area contributed by atoms with E-state index in [4.69, 9.17) is 16.6 Å². The number of rotatable bonds is 2. The molecule has 1 saturated heterocycles. The van der Waals surface area contributed by atoms with Gasteiger partial charge in [-0.05, 0) is 38.4 Å². The molecule has 0 saturated carbocycles. The minimum Gasteiger partial charge on any atom is -0.316 e. The molecule has 0 bridgehead atoms. The topological polar surface area (TPSA) is 24.9 Å². The lowest BCUT2D eigenvalue weighted by Crippen LogP contribution is -2.28. The number of piperidine rings is 1. The van der Waals surface area contributed by atoms with Gasteiger partial charge in [-0.3, -0.25) is 0 Å². The highest BCUT2D eigenvalue weighted by Gasteiger charge is 2.20. The first-order chi connectivity index (χ1) is 9.24. The van der Waals surface area contributed by atoms with E-state index in [-0.39, 0.29) is 0 Å². The summed E-state index contributed by atoms with van der Waals surface area (Å²) in [6, 6.07) is 7.96. The van der Waals surface area contributed by atoms with Crippen LogP contribution in [0.25, 0.3) is 11.3 Å². The van der Waals surface area contributed by atoms with Crippen molar-refractivity contribution in [3.05, 3.63) is 39.2 Å². The summed E-state index contributed by atoms with van der Waals surface area (Å²) in [5, 5.41) is 5.49. The number of aryl methyl sites for hydroxylation is 1. The van der Waals surface area contributed by atoms with E-state index in [0.29, 0.717) is 5.92 Å². The predicted octanol–water partition coefficient (Wildman–Crippen LogP) is 4.24. The summed E-state index contributed by atoms with van der Waals surface area (Å²) in [5.74, 6) is 0.574. The van der Waals surface area contributed by atoms with Gasteiger partial charge < -0.3 is 5.32 Å². The van der Waals surface area contributed by atoms with Crippen LogP contribution in [0.2, 0.25) is 5.02 Å². The maximum atomic E-state index is 6.07. The van der Waals surface area contributed by atoms with Crippen LogP contribution in [-0.2, 0) is 0 Å². The van der Waals surface area contributed by atoms with Crippen molar-refractivity contribution in [3.8, 4) is 11.3 Å².